The average molecular weight is 594 g/mol. The molecule has 0 spiro atoms. The van der Waals surface area contributed by atoms with Gasteiger partial charge >= 0.3 is 0 Å². The van der Waals surface area contributed by atoms with Crippen LogP contribution in [-0.2, 0) is 11.8 Å². The standard InChI is InChI=1S/C22H22N4O2.C13H21N3/c1-15-3-4-18(9-21(15)23-14-27)22(28)26-12-20(13-26)17-7-5-16(6-8-17)19-10-24-25(2)11-19;1-11-4-5-13(14-10-11)16(3)12-6-8-15(2)9-7-12/h3-11,14,20H,12-13H2,1-2H3,(H,23,27);4-5,10,12H,6-9H2,1-3H3. The summed E-state index contributed by atoms with van der Waals surface area (Å²) in [5.41, 5.74) is 6.89. The normalized spacial score (nSPS) is 15.6. The maximum Gasteiger partial charge on any atom is 0.253 e. The minimum atomic E-state index is -0.00261. The monoisotopic (exact) mass is 593 g/mol. The topological polar surface area (TPSA) is 86.6 Å². The Bertz CT molecular complexity index is 1550. The highest BCUT2D eigenvalue weighted by Crippen LogP contribution is 2.31. The number of carbonyl (C=O) groups is 2. The number of likely N-dealkylation sites (tertiary alicyclic amines) is 2. The van der Waals surface area contributed by atoms with Gasteiger partial charge in [0.2, 0.25) is 6.41 Å². The van der Waals surface area contributed by atoms with E-state index in [9.17, 15) is 9.59 Å². The van der Waals surface area contributed by atoms with E-state index in [-0.39, 0.29) is 5.91 Å². The lowest BCUT2D eigenvalue weighted by molar-refractivity contribution is -0.105. The Kier molecular flexibility index (Phi) is 9.75. The number of rotatable bonds is 7. The summed E-state index contributed by atoms with van der Waals surface area (Å²) in [4.78, 5) is 34.5. The second-order valence-corrected chi connectivity index (χ2v) is 12.1. The van der Waals surface area contributed by atoms with Gasteiger partial charge in [-0.25, -0.2) is 4.98 Å². The number of aryl methyl sites for hydroxylation is 3. The van der Waals surface area contributed by atoms with Crippen LogP contribution in [0, 0.1) is 13.8 Å². The van der Waals surface area contributed by atoms with Gasteiger partial charge in [0.25, 0.3) is 5.91 Å². The van der Waals surface area contributed by atoms with Crippen molar-refractivity contribution in [3.05, 3.63) is 95.4 Å². The summed E-state index contributed by atoms with van der Waals surface area (Å²) < 4.78 is 1.79. The molecule has 230 valence electrons. The molecule has 0 unspecified atom stereocenters. The minimum Gasteiger partial charge on any atom is -0.357 e. The molecule has 1 N–H and O–H groups in total. The largest absolute Gasteiger partial charge is 0.357 e. The Balaban J connectivity index is 0.000000204. The second-order valence-electron chi connectivity index (χ2n) is 12.1. The maximum atomic E-state index is 12.7. The van der Waals surface area contributed by atoms with Crippen molar-refractivity contribution in [2.75, 3.05) is 50.5 Å². The SMILES string of the molecule is Cc1ccc(C(=O)N2CC(c3ccc(-c4cnn(C)c4)cc3)C2)cc1NC=O.Cc1ccc(N(C)C2CCN(C)CC2)nc1. The molecule has 9 nitrogen and oxygen atoms in total. The number of pyridine rings is 1. The van der Waals surface area contributed by atoms with Crippen molar-refractivity contribution in [3.8, 4) is 11.1 Å². The lowest BCUT2D eigenvalue weighted by Crippen LogP contribution is -2.48. The number of amides is 2. The van der Waals surface area contributed by atoms with E-state index in [0.29, 0.717) is 42.7 Å². The van der Waals surface area contributed by atoms with Crippen molar-refractivity contribution in [2.45, 2.75) is 38.6 Å². The molecule has 0 bridgehead atoms. The molecule has 0 radical (unpaired) electrons. The number of carbonyl (C=O) groups excluding carboxylic acids is 2. The van der Waals surface area contributed by atoms with Crippen molar-refractivity contribution >= 4 is 23.8 Å². The molecule has 4 aromatic rings. The molecule has 0 saturated carbocycles. The van der Waals surface area contributed by atoms with Crippen LogP contribution >= 0.6 is 0 Å². The summed E-state index contributed by atoms with van der Waals surface area (Å²) in [6, 6.07) is 18.8. The van der Waals surface area contributed by atoms with Gasteiger partial charge in [0, 0.05) is 68.4 Å². The Hall–Kier alpha value is -4.50. The van der Waals surface area contributed by atoms with E-state index in [2.05, 4.69) is 82.6 Å². The zero-order valence-corrected chi connectivity index (χ0v) is 26.4. The van der Waals surface area contributed by atoms with E-state index in [0.717, 1.165) is 22.5 Å². The zero-order chi connectivity index (χ0) is 31.2. The van der Waals surface area contributed by atoms with Gasteiger partial charge in [-0.15, -0.1) is 0 Å². The van der Waals surface area contributed by atoms with Crippen LogP contribution in [0.15, 0.2) is 73.2 Å². The summed E-state index contributed by atoms with van der Waals surface area (Å²) in [7, 11) is 6.26. The first-order chi connectivity index (χ1) is 21.2. The van der Waals surface area contributed by atoms with Gasteiger partial charge in [0.1, 0.15) is 5.82 Å². The van der Waals surface area contributed by atoms with Crippen LogP contribution in [0.4, 0.5) is 11.5 Å². The predicted molar refractivity (Wildman–Crippen MR) is 176 cm³/mol. The average Bonchev–Trinajstić information content (AvgIpc) is 3.45. The molecule has 2 aliphatic rings. The van der Waals surface area contributed by atoms with E-state index in [1.807, 2.05) is 49.6 Å². The molecular weight excluding hydrogens is 550 g/mol. The van der Waals surface area contributed by atoms with Gasteiger partial charge < -0.3 is 20.0 Å². The summed E-state index contributed by atoms with van der Waals surface area (Å²) in [6.45, 7) is 7.77. The molecule has 44 heavy (non-hydrogen) atoms. The van der Waals surface area contributed by atoms with E-state index in [1.165, 1.54) is 37.1 Å². The van der Waals surface area contributed by atoms with Crippen LogP contribution in [0.3, 0.4) is 0 Å². The fraction of sp³-hybridized carbons (Fsp3) is 0.371. The van der Waals surface area contributed by atoms with Crippen LogP contribution in [0.1, 0.15) is 45.8 Å². The fourth-order valence-electron chi connectivity index (χ4n) is 5.77. The molecule has 6 rings (SSSR count). The molecule has 2 saturated heterocycles. The molecule has 2 aromatic carbocycles. The van der Waals surface area contributed by atoms with Crippen LogP contribution in [0.2, 0.25) is 0 Å². The minimum absolute atomic E-state index is 0.00261. The van der Waals surface area contributed by atoms with Crippen LogP contribution in [0.5, 0.6) is 0 Å². The molecule has 0 aliphatic carbocycles. The van der Waals surface area contributed by atoms with Crippen LogP contribution in [0.25, 0.3) is 11.1 Å². The molecule has 2 fully saturated rings. The predicted octanol–water partition coefficient (Wildman–Crippen LogP) is 5.12. The number of hydrogen-bond acceptors (Lipinski definition) is 6. The highest BCUT2D eigenvalue weighted by Gasteiger charge is 2.32. The summed E-state index contributed by atoms with van der Waals surface area (Å²) in [5.74, 6) is 1.45. The molecule has 2 amide bonds. The number of piperidine rings is 1. The molecule has 0 atom stereocenters. The Morgan fingerprint density at radius 2 is 1.68 bits per heavy atom. The zero-order valence-electron chi connectivity index (χ0n) is 26.4. The molecule has 9 heteroatoms. The maximum absolute atomic E-state index is 12.7. The summed E-state index contributed by atoms with van der Waals surface area (Å²) >= 11 is 0. The van der Waals surface area contributed by atoms with Crippen molar-refractivity contribution in [2.24, 2.45) is 7.05 Å². The second kappa shape index (κ2) is 13.9. The van der Waals surface area contributed by atoms with Crippen molar-refractivity contribution in [3.63, 3.8) is 0 Å². The highest BCUT2D eigenvalue weighted by atomic mass is 16.2. The lowest BCUT2D eigenvalue weighted by Gasteiger charge is -2.39. The van der Waals surface area contributed by atoms with Crippen molar-refractivity contribution in [1.82, 2.24) is 24.6 Å². The third-order valence-electron chi connectivity index (χ3n) is 8.78. The third-order valence-corrected chi connectivity index (χ3v) is 8.78. The number of nitrogens with one attached hydrogen (secondary N) is 1. The smallest absolute Gasteiger partial charge is 0.253 e. The Morgan fingerprint density at radius 3 is 2.30 bits per heavy atom. The third kappa shape index (κ3) is 7.34. The summed E-state index contributed by atoms with van der Waals surface area (Å²) in [5, 5.41) is 6.85. The number of benzene rings is 2. The van der Waals surface area contributed by atoms with Crippen LogP contribution in [-0.4, -0.2) is 83.2 Å². The van der Waals surface area contributed by atoms with Crippen LogP contribution < -0.4 is 10.2 Å². The molecule has 2 aromatic heterocycles. The van der Waals surface area contributed by atoms with Crippen molar-refractivity contribution in [1.29, 1.82) is 0 Å². The number of aromatic nitrogens is 3. The van der Waals surface area contributed by atoms with Gasteiger partial charge in [-0.3, -0.25) is 14.3 Å². The number of hydrogen-bond donors (Lipinski definition) is 1. The molecular formula is C35H43N7O2. The van der Waals surface area contributed by atoms with Gasteiger partial charge in [0.05, 0.1) is 6.20 Å². The Morgan fingerprint density at radius 1 is 0.955 bits per heavy atom. The van der Waals surface area contributed by atoms with Gasteiger partial charge in [-0.05, 0) is 87.3 Å². The van der Waals surface area contributed by atoms with Gasteiger partial charge in [-0.2, -0.15) is 5.10 Å². The number of anilines is 2. The first-order valence-electron chi connectivity index (χ1n) is 15.2. The molecule has 2 aliphatic heterocycles. The fourth-order valence-corrected chi connectivity index (χ4v) is 5.77. The Labute approximate surface area is 260 Å². The van der Waals surface area contributed by atoms with E-state index < -0.39 is 0 Å². The van der Waals surface area contributed by atoms with E-state index in [4.69, 9.17) is 0 Å². The van der Waals surface area contributed by atoms with Gasteiger partial charge in [-0.1, -0.05) is 36.4 Å². The van der Waals surface area contributed by atoms with Gasteiger partial charge in [0.15, 0.2) is 0 Å². The lowest BCUT2D eigenvalue weighted by atomic mass is 9.90. The summed E-state index contributed by atoms with van der Waals surface area (Å²) in [6.07, 6.45) is 8.90. The quantitative estimate of drug-likeness (QED) is 0.299. The molecule has 4 heterocycles. The van der Waals surface area contributed by atoms with Crippen molar-refractivity contribution < 1.29 is 9.59 Å². The highest BCUT2D eigenvalue weighted by molar-refractivity contribution is 5.96. The first kappa shape index (κ1) is 30.9. The van der Waals surface area contributed by atoms with E-state index >= 15 is 0 Å². The number of nitrogens with zero attached hydrogens (tertiary/aromatic N) is 6. The van der Waals surface area contributed by atoms with E-state index in [1.54, 1.807) is 10.7 Å². The first-order valence-corrected chi connectivity index (χ1v) is 15.2.